The van der Waals surface area contributed by atoms with E-state index >= 15 is 0 Å². The minimum atomic E-state index is -0.857. The van der Waals surface area contributed by atoms with Crippen LogP contribution in [0.5, 0.6) is 0 Å². The first-order valence-electron chi connectivity index (χ1n) is 6.65. The van der Waals surface area contributed by atoms with Crippen molar-refractivity contribution >= 4 is 11.8 Å². The highest BCUT2D eigenvalue weighted by Gasteiger charge is 2.16. The Hall–Kier alpha value is -2.46. The quantitative estimate of drug-likeness (QED) is 0.339. The van der Waals surface area contributed by atoms with Crippen LogP contribution in [0.4, 0.5) is 0 Å². The Morgan fingerprint density at radius 2 is 1.43 bits per heavy atom. The van der Waals surface area contributed by atoms with Gasteiger partial charge >= 0.3 is 5.97 Å². The van der Waals surface area contributed by atoms with Gasteiger partial charge in [0, 0.05) is 5.56 Å². The molecule has 0 heterocycles. The molecular weight excluding hydrogens is 268 g/mol. The van der Waals surface area contributed by atoms with Crippen molar-refractivity contribution in [1.29, 1.82) is 0 Å². The fourth-order valence-corrected chi connectivity index (χ4v) is 1.73. The summed E-state index contributed by atoms with van der Waals surface area (Å²) in [5.74, 6) is -1.50. The predicted octanol–water partition coefficient (Wildman–Crippen LogP) is 2.63. The maximum Gasteiger partial charge on any atom is 0.379 e. The van der Waals surface area contributed by atoms with Gasteiger partial charge in [0.25, 0.3) is 5.78 Å². The summed E-state index contributed by atoms with van der Waals surface area (Å²) >= 11 is 0. The van der Waals surface area contributed by atoms with Gasteiger partial charge in [-0.15, -0.1) is 0 Å². The third kappa shape index (κ3) is 4.85. The van der Waals surface area contributed by atoms with E-state index in [-0.39, 0.29) is 13.2 Å². The van der Waals surface area contributed by atoms with E-state index in [2.05, 4.69) is 0 Å². The van der Waals surface area contributed by atoms with Gasteiger partial charge in [-0.25, -0.2) is 4.79 Å². The lowest BCUT2D eigenvalue weighted by Gasteiger charge is -2.05. The number of hydrogen-bond donors (Lipinski definition) is 0. The molecule has 21 heavy (non-hydrogen) atoms. The molecule has 0 atom stereocenters. The van der Waals surface area contributed by atoms with Gasteiger partial charge in [0.15, 0.2) is 0 Å². The molecule has 0 unspecified atom stereocenters. The molecule has 108 valence electrons. The van der Waals surface area contributed by atoms with Gasteiger partial charge in [-0.1, -0.05) is 60.7 Å². The summed E-state index contributed by atoms with van der Waals surface area (Å²) in [5.41, 5.74) is 1.37. The summed E-state index contributed by atoms with van der Waals surface area (Å²) in [4.78, 5) is 23.3. The molecular formula is C17H16O4. The normalized spacial score (nSPS) is 10.1. The molecule has 2 aromatic carbocycles. The molecule has 2 aromatic rings. The van der Waals surface area contributed by atoms with Crippen molar-refractivity contribution in [3.05, 3.63) is 71.8 Å². The van der Waals surface area contributed by atoms with E-state index in [1.807, 2.05) is 30.3 Å². The van der Waals surface area contributed by atoms with Crippen LogP contribution in [0.3, 0.4) is 0 Å². The number of Topliss-reactive ketones (excluding diaryl/α,β-unsaturated/α-hetero) is 1. The number of carbonyl (C=O) groups is 2. The van der Waals surface area contributed by atoms with Crippen molar-refractivity contribution < 1.29 is 19.1 Å². The van der Waals surface area contributed by atoms with Crippen molar-refractivity contribution in [1.82, 2.24) is 0 Å². The highest BCUT2D eigenvalue weighted by molar-refractivity contribution is 6.40. The standard InChI is InChI=1S/C17H16O4/c18-16(15-9-5-2-6-10-15)17(19)21-12-11-20-13-14-7-3-1-4-8-14/h1-10H,11-13H2. The van der Waals surface area contributed by atoms with Crippen LogP contribution < -0.4 is 0 Å². The topological polar surface area (TPSA) is 52.6 Å². The molecule has 0 aliphatic carbocycles. The average molecular weight is 284 g/mol. The van der Waals surface area contributed by atoms with Gasteiger partial charge in [-0.3, -0.25) is 4.79 Å². The molecule has 0 radical (unpaired) electrons. The van der Waals surface area contributed by atoms with Crippen LogP contribution >= 0.6 is 0 Å². The lowest BCUT2D eigenvalue weighted by Crippen LogP contribution is -2.19. The Morgan fingerprint density at radius 3 is 2.10 bits per heavy atom. The number of esters is 1. The molecule has 0 fully saturated rings. The van der Waals surface area contributed by atoms with Gasteiger partial charge in [0.05, 0.1) is 13.2 Å². The Bertz CT molecular complexity index is 578. The number of ether oxygens (including phenoxy) is 2. The monoisotopic (exact) mass is 284 g/mol. The van der Waals surface area contributed by atoms with Gasteiger partial charge in [-0.2, -0.15) is 0 Å². The van der Waals surface area contributed by atoms with Gasteiger partial charge in [0.2, 0.25) is 0 Å². The Kier molecular flexibility index (Phi) is 5.67. The highest BCUT2D eigenvalue weighted by atomic mass is 16.6. The first-order chi connectivity index (χ1) is 10.3. The molecule has 0 aromatic heterocycles. The molecule has 2 rings (SSSR count). The van der Waals surface area contributed by atoms with Crippen molar-refractivity contribution in [3.63, 3.8) is 0 Å². The van der Waals surface area contributed by atoms with Crippen LogP contribution in [0.2, 0.25) is 0 Å². The van der Waals surface area contributed by atoms with E-state index in [0.717, 1.165) is 5.56 Å². The van der Waals surface area contributed by atoms with Crippen LogP contribution in [-0.4, -0.2) is 25.0 Å². The molecule has 0 amide bonds. The van der Waals surface area contributed by atoms with Crippen LogP contribution in [0.15, 0.2) is 60.7 Å². The van der Waals surface area contributed by atoms with Crippen molar-refractivity contribution in [2.75, 3.05) is 13.2 Å². The summed E-state index contributed by atoms with van der Waals surface area (Å²) < 4.78 is 10.2. The lowest BCUT2D eigenvalue weighted by molar-refractivity contribution is -0.139. The third-order valence-corrected chi connectivity index (χ3v) is 2.79. The number of benzene rings is 2. The second-order valence-electron chi connectivity index (χ2n) is 4.37. The van der Waals surface area contributed by atoms with E-state index in [1.165, 1.54) is 0 Å². The zero-order chi connectivity index (χ0) is 14.9. The second kappa shape index (κ2) is 7.97. The molecule has 0 saturated carbocycles. The summed E-state index contributed by atoms with van der Waals surface area (Å²) in [5, 5.41) is 0. The molecule has 4 heteroatoms. The van der Waals surface area contributed by atoms with Crippen molar-refractivity contribution in [2.24, 2.45) is 0 Å². The summed E-state index contributed by atoms with van der Waals surface area (Å²) in [6.07, 6.45) is 0. The second-order valence-corrected chi connectivity index (χ2v) is 4.37. The number of ketones is 1. The predicted molar refractivity (Wildman–Crippen MR) is 77.8 cm³/mol. The summed E-state index contributed by atoms with van der Waals surface area (Å²) in [7, 11) is 0. The molecule has 0 spiro atoms. The fourth-order valence-electron chi connectivity index (χ4n) is 1.73. The molecule has 0 aliphatic heterocycles. The molecule has 0 aliphatic rings. The molecule has 0 N–H and O–H groups in total. The van der Waals surface area contributed by atoms with E-state index < -0.39 is 11.8 Å². The van der Waals surface area contributed by atoms with E-state index in [4.69, 9.17) is 9.47 Å². The summed E-state index contributed by atoms with van der Waals surface area (Å²) in [6, 6.07) is 18.0. The fraction of sp³-hybridized carbons (Fsp3) is 0.176. The molecule has 0 saturated heterocycles. The zero-order valence-electron chi connectivity index (χ0n) is 11.5. The van der Waals surface area contributed by atoms with Gasteiger partial charge in [-0.05, 0) is 5.56 Å². The zero-order valence-corrected chi connectivity index (χ0v) is 11.5. The van der Waals surface area contributed by atoms with Crippen LogP contribution in [0.25, 0.3) is 0 Å². The van der Waals surface area contributed by atoms with E-state index in [1.54, 1.807) is 30.3 Å². The van der Waals surface area contributed by atoms with Crippen LogP contribution in [0.1, 0.15) is 15.9 Å². The SMILES string of the molecule is O=C(OCCOCc1ccccc1)C(=O)c1ccccc1. The van der Waals surface area contributed by atoms with Crippen molar-refractivity contribution in [2.45, 2.75) is 6.61 Å². The van der Waals surface area contributed by atoms with Gasteiger partial charge in [0.1, 0.15) is 6.61 Å². The third-order valence-electron chi connectivity index (χ3n) is 2.79. The molecule has 0 bridgehead atoms. The van der Waals surface area contributed by atoms with Crippen molar-refractivity contribution in [3.8, 4) is 0 Å². The first-order valence-corrected chi connectivity index (χ1v) is 6.65. The highest BCUT2D eigenvalue weighted by Crippen LogP contribution is 2.02. The Morgan fingerprint density at radius 1 is 0.810 bits per heavy atom. The van der Waals surface area contributed by atoms with E-state index in [9.17, 15) is 9.59 Å². The minimum Gasteiger partial charge on any atom is -0.457 e. The first kappa shape index (κ1) is 14.9. The van der Waals surface area contributed by atoms with Gasteiger partial charge < -0.3 is 9.47 Å². The largest absolute Gasteiger partial charge is 0.457 e. The lowest BCUT2D eigenvalue weighted by atomic mass is 10.1. The smallest absolute Gasteiger partial charge is 0.379 e. The number of rotatable bonds is 7. The Balaban J connectivity index is 1.67. The number of carbonyl (C=O) groups excluding carboxylic acids is 2. The molecule has 4 nitrogen and oxygen atoms in total. The Labute approximate surface area is 123 Å². The number of hydrogen-bond acceptors (Lipinski definition) is 4. The van der Waals surface area contributed by atoms with Crippen LogP contribution in [0, 0.1) is 0 Å². The van der Waals surface area contributed by atoms with Crippen LogP contribution in [-0.2, 0) is 20.9 Å². The summed E-state index contributed by atoms with van der Waals surface area (Å²) in [6.45, 7) is 0.762. The maximum absolute atomic E-state index is 11.7. The maximum atomic E-state index is 11.7. The minimum absolute atomic E-state index is 0.0598. The van der Waals surface area contributed by atoms with E-state index in [0.29, 0.717) is 12.2 Å². The average Bonchev–Trinajstić information content (AvgIpc) is 2.55.